The van der Waals surface area contributed by atoms with E-state index < -0.39 is 0 Å². The van der Waals surface area contributed by atoms with Gasteiger partial charge in [0.1, 0.15) is 17.5 Å². The third kappa shape index (κ3) is 4.54. The van der Waals surface area contributed by atoms with Crippen molar-refractivity contribution in [3.63, 3.8) is 0 Å². The molecule has 0 saturated carbocycles. The summed E-state index contributed by atoms with van der Waals surface area (Å²) in [7, 11) is 0. The summed E-state index contributed by atoms with van der Waals surface area (Å²) in [6.45, 7) is 0. The maximum atomic E-state index is 5.52. The lowest BCUT2D eigenvalue weighted by molar-refractivity contribution is 1.01. The lowest BCUT2D eigenvalue weighted by Gasteiger charge is -2.14. The molecule has 0 spiro atoms. The summed E-state index contributed by atoms with van der Waals surface area (Å²) in [6.07, 6.45) is 1.87. The van der Waals surface area contributed by atoms with Crippen LogP contribution in [-0.4, -0.2) is 28.7 Å². The predicted molar refractivity (Wildman–Crippen MR) is 243 cm³/mol. The first kappa shape index (κ1) is 32.0. The Kier molecular flexibility index (Phi) is 6.63. The van der Waals surface area contributed by atoms with Gasteiger partial charge in [-0.05, 0) is 71.8 Å². The molecule has 59 heavy (non-hydrogen) atoms. The molecule has 6 heterocycles. The van der Waals surface area contributed by atoms with Crippen molar-refractivity contribution in [2.24, 2.45) is 0 Å². The summed E-state index contributed by atoms with van der Waals surface area (Å²) in [5, 5.41) is 9.18. The molecule has 0 N–H and O–H groups in total. The van der Waals surface area contributed by atoms with Crippen molar-refractivity contribution < 1.29 is 0 Å². The Morgan fingerprint density at radius 3 is 1.42 bits per heavy atom. The molecule has 0 saturated heterocycles. The molecule has 7 aromatic carbocycles. The molecule has 13 aromatic rings. The van der Waals surface area contributed by atoms with Crippen LogP contribution in [0.1, 0.15) is 0 Å². The molecular formula is C53H32N6. The predicted octanol–water partition coefficient (Wildman–Crippen LogP) is 13.1. The molecule has 0 aliphatic heterocycles. The third-order valence-corrected chi connectivity index (χ3v) is 12.1. The number of para-hydroxylation sites is 4. The molecule has 274 valence electrons. The highest BCUT2D eigenvalue weighted by Gasteiger charge is 2.23. The first-order chi connectivity index (χ1) is 29.3. The average Bonchev–Trinajstić information content (AvgIpc) is 3.95. The molecule has 6 aromatic heterocycles. The first-order valence-corrected chi connectivity index (χ1v) is 20.0. The third-order valence-electron chi connectivity index (χ3n) is 12.1. The van der Waals surface area contributed by atoms with Gasteiger partial charge in [0.25, 0.3) is 0 Å². The highest BCUT2D eigenvalue weighted by Crippen LogP contribution is 2.42. The standard InChI is InChI=1S/C53H32N6/c1-2-14-33(15-3-1)42-32-34-27-30-49(56-50(34)51-39(42)20-13-31-54-51)59-46-24-11-7-19-38(46)41-29-28-40-37-18-6-10-23-45(37)58(52(40)53(41)59)48-26-12-25-47(55-48)57-43-21-8-4-16-35(43)36-17-5-9-22-44(36)57/h1-32H. The van der Waals surface area contributed by atoms with Crippen LogP contribution in [0.5, 0.6) is 0 Å². The largest absolute Gasteiger partial charge is 0.294 e. The zero-order chi connectivity index (χ0) is 38.6. The minimum absolute atomic E-state index is 0.833. The van der Waals surface area contributed by atoms with Crippen molar-refractivity contribution in [1.29, 1.82) is 0 Å². The van der Waals surface area contributed by atoms with Gasteiger partial charge in [0.05, 0.1) is 44.1 Å². The zero-order valence-corrected chi connectivity index (χ0v) is 31.7. The zero-order valence-electron chi connectivity index (χ0n) is 31.7. The summed E-state index contributed by atoms with van der Waals surface area (Å²) >= 11 is 0. The molecule has 6 heteroatoms. The van der Waals surface area contributed by atoms with Gasteiger partial charge in [-0.2, -0.15) is 0 Å². The molecule has 0 fully saturated rings. The van der Waals surface area contributed by atoms with Crippen LogP contribution in [0.25, 0.3) is 116 Å². The van der Waals surface area contributed by atoms with Crippen LogP contribution in [0.3, 0.4) is 0 Å². The number of aromatic nitrogens is 6. The fourth-order valence-corrected chi connectivity index (χ4v) is 9.60. The van der Waals surface area contributed by atoms with Crippen molar-refractivity contribution in [3.8, 4) is 28.6 Å². The highest BCUT2D eigenvalue weighted by atomic mass is 15.2. The maximum absolute atomic E-state index is 5.52. The van der Waals surface area contributed by atoms with Crippen molar-refractivity contribution in [1.82, 2.24) is 28.7 Å². The van der Waals surface area contributed by atoms with Gasteiger partial charge in [-0.3, -0.25) is 18.7 Å². The van der Waals surface area contributed by atoms with Crippen molar-refractivity contribution in [2.75, 3.05) is 0 Å². The summed E-state index contributed by atoms with van der Waals surface area (Å²) in [5.74, 6) is 2.54. The quantitative estimate of drug-likeness (QED) is 0.168. The normalized spacial score (nSPS) is 12.1. The Hall–Kier alpha value is -8.09. The van der Waals surface area contributed by atoms with E-state index in [0.717, 1.165) is 99.6 Å². The van der Waals surface area contributed by atoms with E-state index >= 15 is 0 Å². The minimum atomic E-state index is 0.833. The number of nitrogens with zero attached hydrogens (tertiary/aromatic N) is 6. The summed E-state index contributed by atoms with van der Waals surface area (Å²) < 4.78 is 6.98. The van der Waals surface area contributed by atoms with Gasteiger partial charge in [0.2, 0.25) is 0 Å². The summed E-state index contributed by atoms with van der Waals surface area (Å²) in [5.41, 5.74) is 10.7. The average molecular weight is 753 g/mol. The van der Waals surface area contributed by atoms with E-state index in [2.05, 4.69) is 196 Å². The Labute approximate surface area is 337 Å². The van der Waals surface area contributed by atoms with Crippen molar-refractivity contribution in [2.45, 2.75) is 0 Å². The molecular weight excluding hydrogens is 721 g/mol. The van der Waals surface area contributed by atoms with Crippen molar-refractivity contribution >= 4 is 87.2 Å². The molecule has 0 unspecified atom stereocenters. The fourth-order valence-electron chi connectivity index (χ4n) is 9.60. The summed E-state index contributed by atoms with van der Waals surface area (Å²) in [4.78, 5) is 16.0. The van der Waals surface area contributed by atoms with E-state index in [1.165, 1.54) is 16.2 Å². The Morgan fingerprint density at radius 1 is 0.322 bits per heavy atom. The van der Waals surface area contributed by atoms with Crippen LogP contribution in [0.15, 0.2) is 194 Å². The van der Waals surface area contributed by atoms with Gasteiger partial charge in [-0.15, -0.1) is 0 Å². The second-order valence-electron chi connectivity index (χ2n) is 15.2. The number of fused-ring (bicyclic) bond motifs is 13. The van der Waals surface area contributed by atoms with E-state index in [1.807, 2.05) is 12.3 Å². The fraction of sp³-hybridized carbons (Fsp3) is 0. The van der Waals surface area contributed by atoms with E-state index in [4.69, 9.17) is 15.0 Å². The second-order valence-corrected chi connectivity index (χ2v) is 15.2. The smallest absolute Gasteiger partial charge is 0.140 e. The van der Waals surface area contributed by atoms with E-state index in [-0.39, 0.29) is 0 Å². The Balaban J connectivity index is 1.12. The topological polar surface area (TPSA) is 53.5 Å². The van der Waals surface area contributed by atoms with E-state index in [9.17, 15) is 0 Å². The molecule has 0 aliphatic carbocycles. The molecule has 6 nitrogen and oxygen atoms in total. The molecule has 13 rings (SSSR count). The molecule has 0 aliphatic rings. The van der Waals surface area contributed by atoms with Crippen LogP contribution >= 0.6 is 0 Å². The minimum Gasteiger partial charge on any atom is -0.294 e. The van der Waals surface area contributed by atoms with Crippen LogP contribution in [0.4, 0.5) is 0 Å². The SMILES string of the molecule is c1ccc(-c2cc3ccc(-n4c5ccccc5c5ccc6c7ccccc7n(-c7cccc(-n8c9ccccc9c9ccccc98)n7)c6c54)nc3c3ncccc23)cc1. The number of rotatable bonds is 4. The van der Waals surface area contributed by atoms with E-state index in [1.54, 1.807) is 0 Å². The van der Waals surface area contributed by atoms with Gasteiger partial charge in [0.15, 0.2) is 0 Å². The van der Waals surface area contributed by atoms with Crippen molar-refractivity contribution in [3.05, 3.63) is 194 Å². The molecule has 0 atom stereocenters. The lowest BCUT2D eigenvalue weighted by Crippen LogP contribution is -2.04. The van der Waals surface area contributed by atoms with E-state index in [0.29, 0.717) is 0 Å². The molecule has 0 bridgehead atoms. The Bertz CT molecular complexity index is 3800. The van der Waals surface area contributed by atoms with Gasteiger partial charge in [-0.25, -0.2) is 9.97 Å². The van der Waals surface area contributed by atoms with Gasteiger partial charge in [-0.1, -0.05) is 127 Å². The highest BCUT2D eigenvalue weighted by molar-refractivity contribution is 6.24. The van der Waals surface area contributed by atoms with Crippen LogP contribution in [0.2, 0.25) is 0 Å². The number of hydrogen-bond donors (Lipinski definition) is 0. The van der Waals surface area contributed by atoms with Crippen LogP contribution in [-0.2, 0) is 0 Å². The maximum Gasteiger partial charge on any atom is 0.140 e. The summed E-state index contributed by atoms with van der Waals surface area (Å²) in [6, 6.07) is 66.8. The number of hydrogen-bond acceptors (Lipinski definition) is 3. The molecule has 0 radical (unpaired) electrons. The van der Waals surface area contributed by atoms with Crippen LogP contribution in [0, 0.1) is 0 Å². The number of pyridine rings is 3. The second kappa shape index (κ2) is 12.2. The van der Waals surface area contributed by atoms with Gasteiger partial charge < -0.3 is 0 Å². The Morgan fingerprint density at radius 2 is 0.814 bits per heavy atom. The monoisotopic (exact) mass is 752 g/mol. The van der Waals surface area contributed by atoms with Gasteiger partial charge in [0, 0.05) is 49.3 Å². The lowest BCUT2D eigenvalue weighted by atomic mass is 9.98. The van der Waals surface area contributed by atoms with Gasteiger partial charge >= 0.3 is 0 Å². The molecule has 0 amide bonds. The first-order valence-electron chi connectivity index (χ1n) is 20.0. The number of benzene rings is 7. The van der Waals surface area contributed by atoms with Crippen LogP contribution < -0.4 is 0 Å².